The van der Waals surface area contributed by atoms with E-state index in [0.717, 1.165) is 12.8 Å². The average Bonchev–Trinajstić information content (AvgIpc) is 2.68. The molecule has 0 unspecified atom stereocenters. The zero-order valence-electron chi connectivity index (χ0n) is 14.3. The molecule has 1 aromatic heterocycles. The Bertz CT molecular complexity index is 716. The first-order valence-electron chi connectivity index (χ1n) is 8.17. The van der Waals surface area contributed by atoms with Gasteiger partial charge in [-0.2, -0.15) is 5.10 Å². The molecular formula is C18H21N3O4. The van der Waals surface area contributed by atoms with Gasteiger partial charge < -0.3 is 19.1 Å². The van der Waals surface area contributed by atoms with Gasteiger partial charge in [-0.3, -0.25) is 4.79 Å². The molecule has 0 spiro atoms. The van der Waals surface area contributed by atoms with Crippen molar-refractivity contribution in [1.29, 1.82) is 0 Å². The molecule has 1 aliphatic heterocycles. The van der Waals surface area contributed by atoms with Gasteiger partial charge >= 0.3 is 0 Å². The Morgan fingerprint density at radius 3 is 2.52 bits per heavy atom. The van der Waals surface area contributed by atoms with E-state index in [9.17, 15) is 4.79 Å². The minimum atomic E-state index is -0.0149. The quantitative estimate of drug-likeness (QED) is 0.828. The zero-order chi connectivity index (χ0) is 17.6. The Hall–Kier alpha value is -2.83. The maximum absolute atomic E-state index is 12.7. The molecule has 1 fully saturated rings. The fourth-order valence-electron chi connectivity index (χ4n) is 2.85. The molecule has 1 amide bonds. The molecule has 2 heterocycles. The molecule has 3 rings (SSSR count). The topological polar surface area (TPSA) is 73.8 Å². The number of amides is 1. The third-order valence-electron chi connectivity index (χ3n) is 4.19. The smallest absolute Gasteiger partial charge is 0.253 e. The van der Waals surface area contributed by atoms with Gasteiger partial charge in [0.25, 0.3) is 5.91 Å². The number of ether oxygens (including phenoxy) is 3. The molecule has 0 N–H and O–H groups in total. The number of hydrogen-bond acceptors (Lipinski definition) is 6. The highest BCUT2D eigenvalue weighted by Gasteiger charge is 2.25. The van der Waals surface area contributed by atoms with Crippen molar-refractivity contribution in [1.82, 2.24) is 15.1 Å². The monoisotopic (exact) mass is 343 g/mol. The highest BCUT2D eigenvalue weighted by atomic mass is 16.5. The lowest BCUT2D eigenvalue weighted by atomic mass is 10.1. The van der Waals surface area contributed by atoms with Gasteiger partial charge in [-0.25, -0.2) is 0 Å². The molecule has 7 heteroatoms. The number of aromatic nitrogens is 2. The van der Waals surface area contributed by atoms with Crippen LogP contribution in [0.15, 0.2) is 36.5 Å². The van der Waals surface area contributed by atoms with Gasteiger partial charge in [-0.05, 0) is 24.3 Å². The van der Waals surface area contributed by atoms with Gasteiger partial charge in [0, 0.05) is 43.8 Å². The van der Waals surface area contributed by atoms with Crippen molar-refractivity contribution >= 4 is 5.91 Å². The van der Waals surface area contributed by atoms with Crippen molar-refractivity contribution in [3.8, 4) is 17.4 Å². The van der Waals surface area contributed by atoms with E-state index in [1.165, 1.54) is 0 Å². The number of methoxy groups -OCH3 is 2. The van der Waals surface area contributed by atoms with Crippen LogP contribution in [0.3, 0.4) is 0 Å². The normalized spacial score (nSPS) is 14.9. The maximum atomic E-state index is 12.7. The second-order valence-electron chi connectivity index (χ2n) is 5.74. The van der Waals surface area contributed by atoms with Crippen molar-refractivity contribution in [3.05, 3.63) is 42.1 Å². The summed E-state index contributed by atoms with van der Waals surface area (Å²) in [7, 11) is 3.13. The summed E-state index contributed by atoms with van der Waals surface area (Å²) in [4.78, 5) is 14.5. The molecule has 1 aromatic carbocycles. The summed E-state index contributed by atoms with van der Waals surface area (Å²) in [6.07, 6.45) is 3.17. The first kappa shape index (κ1) is 17.0. The van der Waals surface area contributed by atoms with Crippen LogP contribution in [-0.2, 0) is 0 Å². The Morgan fingerprint density at radius 1 is 1.12 bits per heavy atom. The number of carbonyl (C=O) groups excluding carboxylic acids is 1. The number of nitrogens with zero attached hydrogens (tertiary/aromatic N) is 3. The van der Waals surface area contributed by atoms with Crippen LogP contribution in [-0.4, -0.2) is 54.4 Å². The molecule has 0 radical (unpaired) electrons. The predicted molar refractivity (Wildman–Crippen MR) is 91.1 cm³/mol. The minimum absolute atomic E-state index is 0.0149. The maximum Gasteiger partial charge on any atom is 0.253 e. The van der Waals surface area contributed by atoms with Crippen LogP contribution in [0.5, 0.6) is 17.4 Å². The molecule has 0 saturated carbocycles. The van der Waals surface area contributed by atoms with Crippen LogP contribution < -0.4 is 14.2 Å². The number of rotatable bonds is 5. The highest BCUT2D eigenvalue weighted by molar-refractivity contribution is 5.95. The molecule has 0 aliphatic carbocycles. The van der Waals surface area contributed by atoms with Crippen LogP contribution >= 0.6 is 0 Å². The zero-order valence-corrected chi connectivity index (χ0v) is 14.3. The lowest BCUT2D eigenvalue weighted by Crippen LogP contribution is -2.41. The molecule has 1 saturated heterocycles. The van der Waals surface area contributed by atoms with Gasteiger partial charge in [0.05, 0.1) is 14.2 Å². The molecule has 0 bridgehead atoms. The van der Waals surface area contributed by atoms with Gasteiger partial charge in [-0.1, -0.05) is 0 Å². The molecule has 1 aliphatic rings. The van der Waals surface area contributed by atoms with Crippen LogP contribution in [0.1, 0.15) is 23.2 Å². The Labute approximate surface area is 146 Å². The van der Waals surface area contributed by atoms with Gasteiger partial charge in [0.15, 0.2) is 11.5 Å². The lowest BCUT2D eigenvalue weighted by Gasteiger charge is -2.32. The van der Waals surface area contributed by atoms with E-state index in [0.29, 0.717) is 36.0 Å². The summed E-state index contributed by atoms with van der Waals surface area (Å²) >= 11 is 0. The van der Waals surface area contributed by atoms with Crippen LogP contribution in [0.25, 0.3) is 0 Å². The van der Waals surface area contributed by atoms with Crippen molar-refractivity contribution in [2.75, 3.05) is 27.3 Å². The van der Waals surface area contributed by atoms with E-state index in [2.05, 4.69) is 10.2 Å². The van der Waals surface area contributed by atoms with Crippen LogP contribution in [0.2, 0.25) is 0 Å². The number of likely N-dealkylation sites (tertiary alicyclic amines) is 1. The third kappa shape index (κ3) is 3.99. The third-order valence-corrected chi connectivity index (χ3v) is 4.19. The van der Waals surface area contributed by atoms with E-state index in [-0.39, 0.29) is 12.0 Å². The largest absolute Gasteiger partial charge is 0.493 e. The van der Waals surface area contributed by atoms with E-state index in [4.69, 9.17) is 14.2 Å². The second-order valence-corrected chi connectivity index (χ2v) is 5.74. The molecular weight excluding hydrogens is 322 g/mol. The molecule has 0 atom stereocenters. The minimum Gasteiger partial charge on any atom is -0.493 e. The highest BCUT2D eigenvalue weighted by Crippen LogP contribution is 2.28. The van der Waals surface area contributed by atoms with Crippen LogP contribution in [0.4, 0.5) is 0 Å². The van der Waals surface area contributed by atoms with Crippen molar-refractivity contribution in [2.45, 2.75) is 18.9 Å². The number of piperidine rings is 1. The van der Waals surface area contributed by atoms with Gasteiger partial charge in [0.2, 0.25) is 5.88 Å². The van der Waals surface area contributed by atoms with Crippen molar-refractivity contribution in [3.63, 3.8) is 0 Å². The summed E-state index contributed by atoms with van der Waals surface area (Å²) in [5.74, 6) is 1.66. The SMILES string of the molecule is COc1ccc(C(=O)N2CCC(Oc3cccnn3)CC2)cc1OC. The second kappa shape index (κ2) is 7.83. The fourth-order valence-corrected chi connectivity index (χ4v) is 2.85. The fraction of sp³-hybridized carbons (Fsp3) is 0.389. The van der Waals surface area contributed by atoms with E-state index in [1.54, 1.807) is 50.7 Å². The Morgan fingerprint density at radius 2 is 1.88 bits per heavy atom. The predicted octanol–water partition coefficient (Wildman–Crippen LogP) is 2.18. The van der Waals surface area contributed by atoms with Gasteiger partial charge in [0.1, 0.15) is 6.10 Å². The lowest BCUT2D eigenvalue weighted by molar-refractivity contribution is 0.0585. The first-order chi connectivity index (χ1) is 12.2. The molecule has 2 aromatic rings. The van der Waals surface area contributed by atoms with E-state index in [1.807, 2.05) is 4.90 Å². The molecule has 132 valence electrons. The number of carbonyl (C=O) groups is 1. The van der Waals surface area contributed by atoms with E-state index < -0.39 is 0 Å². The van der Waals surface area contributed by atoms with Crippen molar-refractivity contribution < 1.29 is 19.0 Å². The number of hydrogen-bond donors (Lipinski definition) is 0. The number of benzene rings is 1. The average molecular weight is 343 g/mol. The summed E-state index contributed by atoms with van der Waals surface area (Å²) in [5.41, 5.74) is 0.589. The summed E-state index contributed by atoms with van der Waals surface area (Å²) in [5, 5.41) is 7.73. The summed E-state index contributed by atoms with van der Waals surface area (Å²) in [6.45, 7) is 1.27. The van der Waals surface area contributed by atoms with Gasteiger partial charge in [-0.15, -0.1) is 5.10 Å². The van der Waals surface area contributed by atoms with Crippen LogP contribution in [0, 0.1) is 0 Å². The molecule has 25 heavy (non-hydrogen) atoms. The molecule has 7 nitrogen and oxygen atoms in total. The Balaban J connectivity index is 1.60. The van der Waals surface area contributed by atoms with E-state index >= 15 is 0 Å². The standard InChI is InChI=1S/C18H21N3O4/c1-23-15-6-5-13(12-16(15)24-2)18(22)21-10-7-14(8-11-21)25-17-4-3-9-19-20-17/h3-6,9,12,14H,7-8,10-11H2,1-2H3. The summed E-state index contributed by atoms with van der Waals surface area (Å²) < 4.78 is 16.3. The Kier molecular flexibility index (Phi) is 5.33. The van der Waals surface area contributed by atoms with Crippen molar-refractivity contribution in [2.24, 2.45) is 0 Å². The summed E-state index contributed by atoms with van der Waals surface area (Å²) in [6, 6.07) is 8.79. The first-order valence-corrected chi connectivity index (χ1v) is 8.17.